The number of phenols is 4. The minimum atomic E-state index is -1.01. The zero-order valence-corrected chi connectivity index (χ0v) is 14.4. The van der Waals surface area contributed by atoms with Crippen LogP contribution in [-0.4, -0.2) is 45.5 Å². The molecule has 0 bridgehead atoms. The smallest absolute Gasteiger partial charge is 0.328 e. The first-order chi connectivity index (χ1) is 12.8. The molecule has 2 aromatic rings. The topological polar surface area (TPSA) is 136 Å². The van der Waals surface area contributed by atoms with Crippen LogP contribution in [0.3, 0.4) is 0 Å². The summed E-state index contributed by atoms with van der Waals surface area (Å²) in [6.45, 7) is 0. The molecule has 5 N–H and O–H groups in total. The van der Waals surface area contributed by atoms with Crippen LogP contribution in [0.25, 0.3) is 6.08 Å². The summed E-state index contributed by atoms with van der Waals surface area (Å²) < 4.78 is 4.68. The number of benzene rings is 2. The van der Waals surface area contributed by atoms with Crippen LogP contribution in [-0.2, 0) is 20.7 Å². The lowest BCUT2D eigenvalue weighted by Gasteiger charge is -2.16. The zero-order valence-electron chi connectivity index (χ0n) is 14.4. The number of esters is 1. The van der Waals surface area contributed by atoms with Crippen molar-refractivity contribution in [2.75, 3.05) is 7.11 Å². The molecule has 0 saturated carbocycles. The molecule has 2 rings (SSSR count). The maximum absolute atomic E-state index is 12.1. The number of amides is 1. The Morgan fingerprint density at radius 1 is 1.00 bits per heavy atom. The summed E-state index contributed by atoms with van der Waals surface area (Å²) in [6.07, 6.45) is 2.60. The van der Waals surface area contributed by atoms with Crippen LogP contribution in [0, 0.1) is 0 Å². The molecular weight excluding hydrogens is 354 g/mol. The summed E-state index contributed by atoms with van der Waals surface area (Å²) in [5.74, 6) is -2.49. The summed E-state index contributed by atoms with van der Waals surface area (Å²) >= 11 is 0. The molecule has 0 spiro atoms. The largest absolute Gasteiger partial charge is 0.504 e. The monoisotopic (exact) mass is 373 g/mol. The quantitative estimate of drug-likeness (QED) is 0.293. The van der Waals surface area contributed by atoms with Crippen molar-refractivity contribution in [1.29, 1.82) is 0 Å². The van der Waals surface area contributed by atoms with Crippen molar-refractivity contribution in [3.05, 3.63) is 53.6 Å². The minimum absolute atomic E-state index is 0.0418. The fourth-order valence-electron chi connectivity index (χ4n) is 2.30. The van der Waals surface area contributed by atoms with E-state index in [1.807, 2.05) is 0 Å². The Morgan fingerprint density at radius 2 is 1.63 bits per heavy atom. The highest BCUT2D eigenvalue weighted by molar-refractivity contribution is 5.94. The van der Waals surface area contributed by atoms with Crippen LogP contribution in [0.1, 0.15) is 11.1 Å². The second-order valence-electron chi connectivity index (χ2n) is 5.69. The molecule has 142 valence electrons. The van der Waals surface area contributed by atoms with Crippen molar-refractivity contribution < 1.29 is 34.8 Å². The van der Waals surface area contributed by atoms with Gasteiger partial charge in [0.15, 0.2) is 23.0 Å². The molecule has 8 heteroatoms. The molecule has 0 heterocycles. The van der Waals surface area contributed by atoms with Gasteiger partial charge in [0.25, 0.3) is 0 Å². The average Bonchev–Trinajstić information content (AvgIpc) is 2.64. The molecule has 0 aliphatic carbocycles. The Hall–Kier alpha value is -3.68. The predicted octanol–water partition coefficient (Wildman–Crippen LogP) is 1.42. The minimum Gasteiger partial charge on any atom is -0.504 e. The normalized spacial score (nSPS) is 11.9. The standard InChI is InChI=1S/C19H19NO7/c1-27-19(26)13(8-12-3-6-15(22)17(24)10-12)20-18(25)7-4-11-2-5-14(21)16(23)9-11/h2-7,9-10,13,21-24H,8H2,1H3,(H,20,25). The highest BCUT2D eigenvalue weighted by atomic mass is 16.5. The zero-order chi connectivity index (χ0) is 20.0. The molecule has 2 aromatic carbocycles. The third-order valence-corrected chi connectivity index (χ3v) is 3.71. The third-order valence-electron chi connectivity index (χ3n) is 3.71. The first-order valence-electron chi connectivity index (χ1n) is 7.89. The fraction of sp³-hybridized carbons (Fsp3) is 0.158. The van der Waals surface area contributed by atoms with E-state index in [2.05, 4.69) is 10.1 Å². The number of nitrogens with one attached hydrogen (secondary N) is 1. The Kier molecular flexibility index (Phi) is 6.27. The van der Waals surface area contributed by atoms with Crippen LogP contribution in [0.4, 0.5) is 0 Å². The van der Waals surface area contributed by atoms with E-state index in [1.54, 1.807) is 0 Å². The number of phenolic OH excluding ortho intramolecular Hbond substituents is 4. The first kappa shape index (κ1) is 19.6. The van der Waals surface area contributed by atoms with E-state index < -0.39 is 17.9 Å². The Morgan fingerprint density at radius 3 is 2.22 bits per heavy atom. The summed E-state index contributed by atoms with van der Waals surface area (Å²) in [5.41, 5.74) is 0.979. The first-order valence-corrected chi connectivity index (χ1v) is 7.89. The van der Waals surface area contributed by atoms with Crippen LogP contribution >= 0.6 is 0 Å². The van der Waals surface area contributed by atoms with Gasteiger partial charge in [-0.2, -0.15) is 0 Å². The number of carbonyl (C=O) groups excluding carboxylic acids is 2. The van der Waals surface area contributed by atoms with Gasteiger partial charge in [-0.05, 0) is 41.5 Å². The Balaban J connectivity index is 2.09. The van der Waals surface area contributed by atoms with Crippen LogP contribution in [0.2, 0.25) is 0 Å². The van der Waals surface area contributed by atoms with Crippen LogP contribution < -0.4 is 5.32 Å². The van der Waals surface area contributed by atoms with E-state index in [4.69, 9.17) is 0 Å². The molecule has 1 atom stereocenters. The van der Waals surface area contributed by atoms with Crippen molar-refractivity contribution in [2.45, 2.75) is 12.5 Å². The van der Waals surface area contributed by atoms with Gasteiger partial charge in [0, 0.05) is 12.5 Å². The summed E-state index contributed by atoms with van der Waals surface area (Å²) in [5, 5.41) is 40.1. The Labute approximate surface area is 155 Å². The molecule has 8 nitrogen and oxygen atoms in total. The lowest BCUT2D eigenvalue weighted by Crippen LogP contribution is -2.42. The molecule has 27 heavy (non-hydrogen) atoms. The molecule has 0 aromatic heterocycles. The van der Waals surface area contributed by atoms with Crippen molar-refractivity contribution in [3.8, 4) is 23.0 Å². The van der Waals surface area contributed by atoms with Crippen molar-refractivity contribution in [3.63, 3.8) is 0 Å². The molecule has 1 unspecified atom stereocenters. The van der Waals surface area contributed by atoms with Gasteiger partial charge in [-0.25, -0.2) is 4.79 Å². The average molecular weight is 373 g/mol. The van der Waals surface area contributed by atoms with Gasteiger partial charge in [-0.3, -0.25) is 4.79 Å². The van der Waals surface area contributed by atoms with Gasteiger partial charge in [-0.1, -0.05) is 12.1 Å². The third kappa shape index (κ3) is 5.40. The van der Waals surface area contributed by atoms with E-state index in [9.17, 15) is 30.0 Å². The number of rotatable bonds is 6. The predicted molar refractivity (Wildman–Crippen MR) is 96.2 cm³/mol. The number of carbonyl (C=O) groups is 2. The van der Waals surface area contributed by atoms with E-state index in [0.717, 1.165) is 6.08 Å². The number of aromatic hydroxyl groups is 4. The molecule has 0 fully saturated rings. The number of ether oxygens (including phenoxy) is 1. The van der Waals surface area contributed by atoms with E-state index in [0.29, 0.717) is 11.1 Å². The maximum atomic E-state index is 12.1. The number of hydrogen-bond donors (Lipinski definition) is 5. The van der Waals surface area contributed by atoms with Gasteiger partial charge in [0.1, 0.15) is 6.04 Å². The van der Waals surface area contributed by atoms with Crippen LogP contribution in [0.15, 0.2) is 42.5 Å². The Bertz CT molecular complexity index is 876. The fourth-order valence-corrected chi connectivity index (χ4v) is 2.30. The van der Waals surface area contributed by atoms with Crippen molar-refractivity contribution in [2.24, 2.45) is 0 Å². The highest BCUT2D eigenvalue weighted by Crippen LogP contribution is 2.26. The second kappa shape index (κ2) is 8.61. The van der Waals surface area contributed by atoms with E-state index in [1.165, 1.54) is 49.6 Å². The van der Waals surface area contributed by atoms with Gasteiger partial charge in [0.05, 0.1) is 7.11 Å². The molecule has 1 amide bonds. The van der Waals surface area contributed by atoms with Crippen molar-refractivity contribution in [1.82, 2.24) is 5.32 Å². The summed E-state index contributed by atoms with van der Waals surface area (Å²) in [7, 11) is 1.19. The van der Waals surface area contributed by atoms with Gasteiger partial charge < -0.3 is 30.5 Å². The van der Waals surface area contributed by atoms with Crippen molar-refractivity contribution >= 4 is 18.0 Å². The van der Waals surface area contributed by atoms with Gasteiger partial charge in [-0.15, -0.1) is 0 Å². The number of hydrogen-bond acceptors (Lipinski definition) is 7. The maximum Gasteiger partial charge on any atom is 0.328 e. The lowest BCUT2D eigenvalue weighted by molar-refractivity contribution is -0.144. The number of methoxy groups -OCH3 is 1. The lowest BCUT2D eigenvalue weighted by atomic mass is 10.1. The molecule has 0 radical (unpaired) electrons. The summed E-state index contributed by atoms with van der Waals surface area (Å²) in [6, 6.07) is 7.11. The van der Waals surface area contributed by atoms with Crippen LogP contribution in [0.5, 0.6) is 23.0 Å². The van der Waals surface area contributed by atoms with Gasteiger partial charge in [0.2, 0.25) is 5.91 Å². The van der Waals surface area contributed by atoms with E-state index >= 15 is 0 Å². The molecule has 0 aliphatic rings. The summed E-state index contributed by atoms with van der Waals surface area (Å²) in [4.78, 5) is 24.0. The SMILES string of the molecule is COC(=O)C(Cc1ccc(O)c(O)c1)NC(=O)C=Cc1ccc(O)c(O)c1. The molecule has 0 aliphatic heterocycles. The molecule has 0 saturated heterocycles. The highest BCUT2D eigenvalue weighted by Gasteiger charge is 2.21. The van der Waals surface area contributed by atoms with Gasteiger partial charge >= 0.3 is 5.97 Å². The van der Waals surface area contributed by atoms with E-state index in [-0.39, 0.29) is 29.4 Å². The molecular formula is C19H19NO7. The second-order valence-corrected chi connectivity index (χ2v) is 5.69.